The number of phenols is 2. The van der Waals surface area contributed by atoms with Crippen LogP contribution >= 0.6 is 31.9 Å². The molecule has 21 heavy (non-hydrogen) atoms. The fourth-order valence-electron chi connectivity index (χ4n) is 4.20. The fraction of sp³-hybridized carbons (Fsp3) is 0.294. The Bertz CT molecular complexity index is 702. The van der Waals surface area contributed by atoms with E-state index < -0.39 is 0 Å². The van der Waals surface area contributed by atoms with Crippen LogP contribution in [0.25, 0.3) is 0 Å². The molecule has 4 rings (SSSR count). The summed E-state index contributed by atoms with van der Waals surface area (Å²) in [5.41, 5.74) is 4.13. The van der Waals surface area contributed by atoms with E-state index in [1.807, 2.05) is 12.1 Å². The lowest BCUT2D eigenvalue weighted by molar-refractivity contribution is 0.416. The molecule has 4 heteroatoms. The summed E-state index contributed by atoms with van der Waals surface area (Å²) >= 11 is 7.20. The standard InChI is InChI=1S/C17H14Br2O2/c18-11-1-3-13(20)15-9(11)5-7-17(15)8-6-10-12(19)2-4-14(21)16(10)17/h1-4,20-21H,5-8H2. The molecule has 0 atom stereocenters. The van der Waals surface area contributed by atoms with Crippen LogP contribution < -0.4 is 0 Å². The van der Waals surface area contributed by atoms with Crippen molar-refractivity contribution in [2.24, 2.45) is 0 Å². The van der Waals surface area contributed by atoms with Gasteiger partial charge < -0.3 is 10.2 Å². The van der Waals surface area contributed by atoms with E-state index in [0.717, 1.165) is 45.8 Å². The topological polar surface area (TPSA) is 40.5 Å². The summed E-state index contributed by atoms with van der Waals surface area (Å²) in [6.45, 7) is 0. The third-order valence-electron chi connectivity index (χ3n) is 5.03. The normalized spacial score (nSPS) is 18.0. The molecule has 2 aromatic carbocycles. The van der Waals surface area contributed by atoms with Crippen molar-refractivity contribution in [1.82, 2.24) is 0 Å². The highest BCUT2D eigenvalue weighted by Gasteiger charge is 2.49. The van der Waals surface area contributed by atoms with E-state index >= 15 is 0 Å². The van der Waals surface area contributed by atoms with Gasteiger partial charge in [0, 0.05) is 25.5 Å². The van der Waals surface area contributed by atoms with Gasteiger partial charge in [-0.1, -0.05) is 31.9 Å². The summed E-state index contributed by atoms with van der Waals surface area (Å²) in [4.78, 5) is 0. The minimum Gasteiger partial charge on any atom is -0.508 e. The third kappa shape index (κ3) is 1.69. The molecule has 2 N–H and O–H groups in total. The Morgan fingerprint density at radius 3 is 1.62 bits per heavy atom. The number of hydrogen-bond donors (Lipinski definition) is 2. The number of hydrogen-bond acceptors (Lipinski definition) is 2. The van der Waals surface area contributed by atoms with Crippen LogP contribution in [0.2, 0.25) is 0 Å². The number of fused-ring (bicyclic) bond motifs is 4. The maximum absolute atomic E-state index is 10.5. The number of phenolic OH excluding ortho intramolecular Hbond substituents is 2. The van der Waals surface area contributed by atoms with Gasteiger partial charge in [-0.3, -0.25) is 0 Å². The Morgan fingerprint density at radius 2 is 1.19 bits per heavy atom. The summed E-state index contributed by atoms with van der Waals surface area (Å²) in [7, 11) is 0. The molecule has 0 fully saturated rings. The third-order valence-corrected chi connectivity index (χ3v) is 6.51. The molecule has 108 valence electrons. The van der Waals surface area contributed by atoms with Gasteiger partial charge >= 0.3 is 0 Å². The molecule has 1 spiro atoms. The maximum atomic E-state index is 10.5. The van der Waals surface area contributed by atoms with E-state index in [2.05, 4.69) is 31.9 Å². The van der Waals surface area contributed by atoms with Crippen molar-refractivity contribution in [3.05, 3.63) is 55.5 Å². The Labute approximate surface area is 140 Å². The Balaban J connectivity index is 2.05. The van der Waals surface area contributed by atoms with Gasteiger partial charge in [0.1, 0.15) is 11.5 Å². The van der Waals surface area contributed by atoms with Crippen LogP contribution in [0.4, 0.5) is 0 Å². The SMILES string of the molecule is Oc1ccc(Br)c2c1C1(CC2)CCc2c(Br)ccc(O)c21. The first-order chi connectivity index (χ1) is 10.0. The van der Waals surface area contributed by atoms with Crippen LogP contribution in [-0.4, -0.2) is 10.2 Å². The highest BCUT2D eigenvalue weighted by atomic mass is 79.9. The number of rotatable bonds is 0. The largest absolute Gasteiger partial charge is 0.508 e. The van der Waals surface area contributed by atoms with Crippen LogP contribution in [-0.2, 0) is 18.3 Å². The Hall–Kier alpha value is -1.00. The second-order valence-electron chi connectivity index (χ2n) is 5.92. The van der Waals surface area contributed by atoms with Crippen LogP contribution in [0.1, 0.15) is 35.1 Å². The highest BCUT2D eigenvalue weighted by molar-refractivity contribution is 9.10. The van der Waals surface area contributed by atoms with Gasteiger partial charge in [0.15, 0.2) is 0 Å². The molecule has 2 aliphatic rings. The van der Waals surface area contributed by atoms with Gasteiger partial charge in [-0.2, -0.15) is 0 Å². The summed E-state index contributed by atoms with van der Waals surface area (Å²) in [5.74, 6) is 0.691. The average molecular weight is 410 g/mol. The van der Waals surface area contributed by atoms with E-state index in [9.17, 15) is 10.2 Å². The summed E-state index contributed by atoms with van der Waals surface area (Å²) in [6.07, 6.45) is 3.73. The zero-order chi connectivity index (χ0) is 14.8. The zero-order valence-electron chi connectivity index (χ0n) is 11.3. The van der Waals surface area contributed by atoms with Gasteiger partial charge in [0.2, 0.25) is 0 Å². The monoisotopic (exact) mass is 408 g/mol. The van der Waals surface area contributed by atoms with E-state index in [0.29, 0.717) is 11.5 Å². The Morgan fingerprint density at radius 1 is 0.762 bits per heavy atom. The molecular formula is C17H14Br2O2. The van der Waals surface area contributed by atoms with E-state index in [4.69, 9.17) is 0 Å². The van der Waals surface area contributed by atoms with Crippen molar-refractivity contribution in [2.75, 3.05) is 0 Å². The predicted molar refractivity (Wildman–Crippen MR) is 89.0 cm³/mol. The van der Waals surface area contributed by atoms with E-state index in [1.54, 1.807) is 12.1 Å². The lowest BCUT2D eigenvalue weighted by atomic mass is 9.76. The first kappa shape index (κ1) is 13.6. The average Bonchev–Trinajstić information content (AvgIpc) is 3.04. The minimum absolute atomic E-state index is 0.244. The second-order valence-corrected chi connectivity index (χ2v) is 7.63. The number of benzene rings is 2. The molecule has 0 aromatic heterocycles. The number of halogens is 2. The van der Waals surface area contributed by atoms with Crippen molar-refractivity contribution in [1.29, 1.82) is 0 Å². The predicted octanol–water partition coefficient (Wildman–Crippen LogP) is 4.80. The second kappa shape index (κ2) is 4.50. The van der Waals surface area contributed by atoms with Gasteiger partial charge in [-0.25, -0.2) is 0 Å². The number of aromatic hydroxyl groups is 2. The van der Waals surface area contributed by atoms with Crippen molar-refractivity contribution in [2.45, 2.75) is 31.1 Å². The lowest BCUT2D eigenvalue weighted by Gasteiger charge is -2.28. The maximum Gasteiger partial charge on any atom is 0.120 e. The summed E-state index contributed by atoms with van der Waals surface area (Å²) < 4.78 is 2.10. The van der Waals surface area contributed by atoms with Crippen molar-refractivity contribution >= 4 is 31.9 Å². The zero-order valence-corrected chi connectivity index (χ0v) is 14.5. The van der Waals surface area contributed by atoms with Crippen LogP contribution in [0.3, 0.4) is 0 Å². The molecule has 0 unspecified atom stereocenters. The van der Waals surface area contributed by atoms with Gasteiger partial charge in [0.05, 0.1) is 0 Å². The van der Waals surface area contributed by atoms with Gasteiger partial charge in [-0.05, 0) is 61.1 Å². The highest BCUT2D eigenvalue weighted by Crippen LogP contribution is 2.59. The molecule has 0 saturated carbocycles. The van der Waals surface area contributed by atoms with Crippen LogP contribution in [0.5, 0.6) is 11.5 Å². The van der Waals surface area contributed by atoms with E-state index in [1.165, 1.54) is 11.1 Å². The Kier molecular flexibility index (Phi) is 2.92. The quantitative estimate of drug-likeness (QED) is 0.655. The van der Waals surface area contributed by atoms with Gasteiger partial charge in [0.25, 0.3) is 0 Å². The first-order valence-electron chi connectivity index (χ1n) is 7.06. The fourth-order valence-corrected chi connectivity index (χ4v) is 5.26. The molecule has 0 amide bonds. The summed E-state index contributed by atoms with van der Waals surface area (Å²) in [5, 5.41) is 20.9. The van der Waals surface area contributed by atoms with Gasteiger partial charge in [-0.15, -0.1) is 0 Å². The van der Waals surface area contributed by atoms with Crippen LogP contribution in [0, 0.1) is 0 Å². The van der Waals surface area contributed by atoms with E-state index in [-0.39, 0.29) is 5.41 Å². The molecule has 2 aliphatic carbocycles. The summed E-state index contributed by atoms with van der Waals surface area (Å²) in [6, 6.07) is 7.32. The molecular weight excluding hydrogens is 396 g/mol. The molecule has 0 heterocycles. The lowest BCUT2D eigenvalue weighted by Crippen LogP contribution is -2.21. The minimum atomic E-state index is -0.244. The van der Waals surface area contributed by atoms with Crippen molar-refractivity contribution in [3.8, 4) is 11.5 Å². The molecule has 0 bridgehead atoms. The van der Waals surface area contributed by atoms with Crippen LogP contribution in [0.15, 0.2) is 33.2 Å². The molecule has 2 nitrogen and oxygen atoms in total. The molecule has 0 saturated heterocycles. The molecule has 2 aromatic rings. The smallest absolute Gasteiger partial charge is 0.120 e. The van der Waals surface area contributed by atoms with Crippen molar-refractivity contribution in [3.63, 3.8) is 0 Å². The van der Waals surface area contributed by atoms with Crippen molar-refractivity contribution < 1.29 is 10.2 Å². The molecule has 0 radical (unpaired) electrons. The molecule has 0 aliphatic heterocycles. The first-order valence-corrected chi connectivity index (χ1v) is 8.65.